The minimum Gasteiger partial charge on any atom is -0.481 e. The van der Waals surface area contributed by atoms with Crippen LogP contribution in [0.5, 0.6) is 0 Å². The van der Waals surface area contributed by atoms with Crippen LogP contribution in [0.4, 0.5) is 0 Å². The molecule has 3 rings (SSSR count). The number of carbonyl (C=O) groups excluding carboxylic acids is 1. The number of aliphatic carboxylic acids is 1. The quantitative estimate of drug-likeness (QED) is 0.836. The number of rotatable bonds is 4. The van der Waals surface area contributed by atoms with Gasteiger partial charge in [0.15, 0.2) is 0 Å². The summed E-state index contributed by atoms with van der Waals surface area (Å²) in [6, 6.07) is 3.69. The van der Waals surface area contributed by atoms with Crippen LogP contribution >= 0.6 is 0 Å². The van der Waals surface area contributed by atoms with Crippen molar-refractivity contribution in [3.8, 4) is 0 Å². The van der Waals surface area contributed by atoms with Gasteiger partial charge in [0.05, 0.1) is 11.8 Å². The SMILES string of the molecule is CC(C)=C1[C@H]2CC[C@H]1[C@@H](C(=O)NCc1ccncc1)[C@H]2C(=O)O. The monoisotopic (exact) mass is 314 g/mol. The number of nitrogens with zero attached hydrogens (tertiary/aromatic N) is 1. The van der Waals surface area contributed by atoms with Crippen LogP contribution in [0.3, 0.4) is 0 Å². The highest BCUT2D eigenvalue weighted by molar-refractivity contribution is 5.87. The summed E-state index contributed by atoms with van der Waals surface area (Å²) < 4.78 is 0. The fraction of sp³-hybridized carbons (Fsp3) is 0.500. The summed E-state index contributed by atoms with van der Waals surface area (Å²) in [5.41, 5.74) is 3.35. The Bertz CT molecular complexity index is 649. The number of allylic oxidation sites excluding steroid dienone is 2. The third kappa shape index (κ3) is 2.76. The van der Waals surface area contributed by atoms with Gasteiger partial charge in [0, 0.05) is 18.9 Å². The lowest BCUT2D eigenvalue weighted by Gasteiger charge is -2.26. The molecule has 0 saturated heterocycles. The van der Waals surface area contributed by atoms with Crippen molar-refractivity contribution in [1.82, 2.24) is 10.3 Å². The Morgan fingerprint density at radius 3 is 2.35 bits per heavy atom. The highest BCUT2D eigenvalue weighted by Gasteiger charge is 2.57. The third-order valence-electron chi connectivity index (χ3n) is 5.22. The molecule has 5 nitrogen and oxygen atoms in total. The zero-order chi connectivity index (χ0) is 16.6. The summed E-state index contributed by atoms with van der Waals surface area (Å²) in [6.45, 7) is 4.46. The molecule has 2 fully saturated rings. The Morgan fingerprint density at radius 2 is 1.78 bits per heavy atom. The summed E-state index contributed by atoms with van der Waals surface area (Å²) >= 11 is 0. The van der Waals surface area contributed by atoms with Gasteiger partial charge >= 0.3 is 5.97 Å². The molecule has 0 aliphatic heterocycles. The Kier molecular flexibility index (Phi) is 4.20. The highest BCUT2D eigenvalue weighted by atomic mass is 16.4. The van der Waals surface area contributed by atoms with E-state index in [4.69, 9.17) is 0 Å². The second-order valence-corrected chi connectivity index (χ2v) is 6.71. The van der Waals surface area contributed by atoms with E-state index in [9.17, 15) is 14.7 Å². The molecule has 0 unspecified atom stereocenters. The second-order valence-electron chi connectivity index (χ2n) is 6.71. The zero-order valence-electron chi connectivity index (χ0n) is 13.5. The van der Waals surface area contributed by atoms with Crippen molar-refractivity contribution in [2.75, 3.05) is 0 Å². The molecule has 1 amide bonds. The van der Waals surface area contributed by atoms with E-state index in [-0.39, 0.29) is 17.7 Å². The van der Waals surface area contributed by atoms with Crippen LogP contribution < -0.4 is 5.32 Å². The fourth-order valence-corrected chi connectivity index (χ4v) is 4.41. The Labute approximate surface area is 135 Å². The normalized spacial score (nSPS) is 28.7. The van der Waals surface area contributed by atoms with Crippen LogP contribution in [-0.2, 0) is 16.1 Å². The number of hydrogen-bond donors (Lipinski definition) is 2. The first-order valence-electron chi connectivity index (χ1n) is 8.07. The Hall–Kier alpha value is -2.17. The molecule has 1 heterocycles. The van der Waals surface area contributed by atoms with Crippen molar-refractivity contribution in [3.05, 3.63) is 41.2 Å². The van der Waals surface area contributed by atoms with Gasteiger partial charge < -0.3 is 10.4 Å². The smallest absolute Gasteiger partial charge is 0.307 e. The first-order chi connectivity index (χ1) is 11.0. The first kappa shape index (κ1) is 15.7. The van der Waals surface area contributed by atoms with E-state index in [1.807, 2.05) is 26.0 Å². The summed E-state index contributed by atoms with van der Waals surface area (Å²) in [4.78, 5) is 28.4. The second kappa shape index (κ2) is 6.14. The van der Waals surface area contributed by atoms with Gasteiger partial charge in [0.2, 0.25) is 5.91 Å². The number of carbonyl (C=O) groups is 2. The lowest BCUT2D eigenvalue weighted by atomic mass is 9.78. The van der Waals surface area contributed by atoms with Gasteiger partial charge in [-0.3, -0.25) is 14.6 Å². The molecular weight excluding hydrogens is 292 g/mol. The zero-order valence-corrected chi connectivity index (χ0v) is 13.5. The molecule has 2 N–H and O–H groups in total. The van der Waals surface area contributed by atoms with Crippen LogP contribution in [0.15, 0.2) is 35.7 Å². The van der Waals surface area contributed by atoms with E-state index in [1.165, 1.54) is 11.1 Å². The molecule has 2 aliphatic carbocycles. The number of amides is 1. The fourth-order valence-electron chi connectivity index (χ4n) is 4.41. The molecular formula is C18H22N2O3. The molecule has 23 heavy (non-hydrogen) atoms. The minimum absolute atomic E-state index is 0.0270. The van der Waals surface area contributed by atoms with E-state index < -0.39 is 17.8 Å². The van der Waals surface area contributed by atoms with Crippen molar-refractivity contribution in [1.29, 1.82) is 0 Å². The summed E-state index contributed by atoms with van der Waals surface area (Å²) in [7, 11) is 0. The van der Waals surface area contributed by atoms with Gasteiger partial charge in [-0.1, -0.05) is 11.1 Å². The molecule has 0 spiro atoms. The predicted molar refractivity (Wildman–Crippen MR) is 85.3 cm³/mol. The number of pyridine rings is 1. The van der Waals surface area contributed by atoms with E-state index in [2.05, 4.69) is 10.3 Å². The number of carboxylic acids is 1. The largest absolute Gasteiger partial charge is 0.481 e. The Morgan fingerprint density at radius 1 is 1.17 bits per heavy atom. The molecule has 1 aromatic rings. The molecule has 5 heteroatoms. The van der Waals surface area contributed by atoms with Crippen molar-refractivity contribution in [3.63, 3.8) is 0 Å². The van der Waals surface area contributed by atoms with Gasteiger partial charge in [-0.2, -0.15) is 0 Å². The average molecular weight is 314 g/mol. The maximum Gasteiger partial charge on any atom is 0.307 e. The lowest BCUT2D eigenvalue weighted by molar-refractivity contribution is -0.149. The Balaban J connectivity index is 1.79. The summed E-state index contributed by atoms with van der Waals surface area (Å²) in [6.07, 6.45) is 5.17. The predicted octanol–water partition coefficient (Wildman–Crippen LogP) is 2.39. The molecule has 1 aromatic heterocycles. The molecule has 2 aliphatic rings. The van der Waals surface area contributed by atoms with Crippen molar-refractivity contribution < 1.29 is 14.7 Å². The van der Waals surface area contributed by atoms with E-state index in [0.717, 1.165) is 18.4 Å². The number of aromatic nitrogens is 1. The van der Waals surface area contributed by atoms with Gasteiger partial charge in [-0.25, -0.2) is 0 Å². The van der Waals surface area contributed by atoms with Crippen LogP contribution in [-0.4, -0.2) is 22.0 Å². The summed E-state index contributed by atoms with van der Waals surface area (Å²) in [5, 5.41) is 12.5. The molecule has 122 valence electrons. The average Bonchev–Trinajstić information content (AvgIpc) is 3.09. The first-order valence-corrected chi connectivity index (χ1v) is 8.07. The third-order valence-corrected chi connectivity index (χ3v) is 5.22. The van der Waals surface area contributed by atoms with E-state index in [0.29, 0.717) is 6.54 Å². The van der Waals surface area contributed by atoms with Gasteiger partial charge in [-0.15, -0.1) is 0 Å². The molecule has 2 saturated carbocycles. The molecule has 0 aromatic carbocycles. The van der Waals surface area contributed by atoms with Gasteiger partial charge in [0.1, 0.15) is 0 Å². The van der Waals surface area contributed by atoms with Gasteiger partial charge in [-0.05, 0) is 56.2 Å². The number of nitrogens with one attached hydrogen (secondary N) is 1. The number of fused-ring (bicyclic) bond motifs is 2. The topological polar surface area (TPSA) is 79.3 Å². The van der Waals surface area contributed by atoms with Crippen molar-refractivity contribution >= 4 is 11.9 Å². The summed E-state index contributed by atoms with van der Waals surface area (Å²) in [5.74, 6) is -1.91. The van der Waals surface area contributed by atoms with Crippen molar-refractivity contribution in [2.45, 2.75) is 33.2 Å². The highest BCUT2D eigenvalue weighted by Crippen LogP contribution is 2.57. The maximum atomic E-state index is 12.7. The van der Waals surface area contributed by atoms with Crippen LogP contribution in [0, 0.1) is 23.7 Å². The van der Waals surface area contributed by atoms with Crippen LogP contribution in [0.25, 0.3) is 0 Å². The van der Waals surface area contributed by atoms with Gasteiger partial charge in [0.25, 0.3) is 0 Å². The van der Waals surface area contributed by atoms with Crippen LogP contribution in [0.1, 0.15) is 32.3 Å². The molecule has 4 atom stereocenters. The molecule has 0 radical (unpaired) electrons. The van der Waals surface area contributed by atoms with E-state index in [1.54, 1.807) is 12.4 Å². The number of carboxylic acid groups (broad SMARTS) is 1. The standard InChI is InChI=1S/C18H22N2O3/c1-10(2)14-12-3-4-13(14)16(18(22)23)15(12)17(21)20-9-11-5-7-19-8-6-11/h5-8,12-13,15-16H,3-4,9H2,1-2H3,(H,20,21)(H,22,23)/t12-,13-,15-,16+/m1/s1. The minimum atomic E-state index is -0.847. The number of hydrogen-bond acceptors (Lipinski definition) is 3. The van der Waals surface area contributed by atoms with E-state index >= 15 is 0 Å². The van der Waals surface area contributed by atoms with Crippen LogP contribution in [0.2, 0.25) is 0 Å². The lowest BCUT2D eigenvalue weighted by Crippen LogP contribution is -2.41. The molecule has 2 bridgehead atoms. The van der Waals surface area contributed by atoms with Crippen molar-refractivity contribution in [2.24, 2.45) is 23.7 Å². The maximum absolute atomic E-state index is 12.7.